The Bertz CT molecular complexity index is 1380. The number of benzene rings is 2. The van der Waals surface area contributed by atoms with Crippen molar-refractivity contribution in [2.45, 2.75) is 24.1 Å². The van der Waals surface area contributed by atoms with Crippen LogP contribution in [-0.2, 0) is 18.0 Å². The summed E-state index contributed by atoms with van der Waals surface area (Å²) in [5, 5.41) is 0. The van der Waals surface area contributed by atoms with Gasteiger partial charge in [0.05, 0.1) is 11.1 Å². The highest BCUT2D eigenvalue weighted by molar-refractivity contribution is 5.92. The van der Waals surface area contributed by atoms with Crippen LogP contribution in [0.3, 0.4) is 0 Å². The summed E-state index contributed by atoms with van der Waals surface area (Å²) in [6.07, 6.45) is 0.476. The molecule has 2 aliphatic rings. The lowest BCUT2D eigenvalue weighted by Gasteiger charge is -2.28. The van der Waals surface area contributed by atoms with Crippen molar-refractivity contribution in [3.63, 3.8) is 0 Å². The minimum atomic E-state index is -4.53. The maximum absolute atomic E-state index is 13.1. The Morgan fingerprint density at radius 3 is 2.58 bits per heavy atom. The Labute approximate surface area is 187 Å². The second kappa shape index (κ2) is 7.07. The molecule has 0 N–H and O–H groups in total. The number of halogens is 3. The smallest absolute Gasteiger partial charge is 0.449 e. The molecular formula is C26H17F3N2O2. The Hall–Kier alpha value is -3.87. The lowest BCUT2D eigenvalue weighted by molar-refractivity contribution is -0.153. The van der Waals surface area contributed by atoms with Gasteiger partial charge in [-0.2, -0.15) is 13.2 Å². The van der Waals surface area contributed by atoms with E-state index in [9.17, 15) is 13.2 Å². The summed E-state index contributed by atoms with van der Waals surface area (Å²) in [4.78, 5) is 8.85. The molecule has 4 heterocycles. The number of aliphatic imine (C=N–C) groups is 1. The van der Waals surface area contributed by atoms with Crippen LogP contribution in [-0.4, -0.2) is 17.3 Å². The molecule has 0 saturated heterocycles. The van der Waals surface area contributed by atoms with Crippen molar-refractivity contribution in [1.29, 1.82) is 0 Å². The molecule has 0 aliphatic carbocycles. The van der Waals surface area contributed by atoms with Crippen LogP contribution in [0.2, 0.25) is 0 Å². The molecule has 2 aliphatic heterocycles. The fourth-order valence-corrected chi connectivity index (χ4v) is 4.76. The second-order valence-corrected chi connectivity index (χ2v) is 8.17. The van der Waals surface area contributed by atoms with Gasteiger partial charge in [0.2, 0.25) is 5.76 Å². The zero-order chi connectivity index (χ0) is 22.6. The van der Waals surface area contributed by atoms with E-state index in [-0.39, 0.29) is 12.2 Å². The third kappa shape index (κ3) is 3.07. The number of hydrogen-bond donors (Lipinski definition) is 0. The molecule has 6 rings (SSSR count). The lowest BCUT2D eigenvalue weighted by atomic mass is 9.71. The van der Waals surface area contributed by atoms with Gasteiger partial charge >= 0.3 is 6.18 Å². The zero-order valence-electron chi connectivity index (χ0n) is 17.2. The zero-order valence-corrected chi connectivity index (χ0v) is 17.2. The van der Waals surface area contributed by atoms with E-state index in [1.54, 1.807) is 12.4 Å². The third-order valence-corrected chi connectivity index (χ3v) is 6.28. The van der Waals surface area contributed by atoms with Crippen LogP contribution in [0.1, 0.15) is 22.6 Å². The summed E-state index contributed by atoms with van der Waals surface area (Å²) in [6, 6.07) is 19.9. The summed E-state index contributed by atoms with van der Waals surface area (Å²) < 4.78 is 50.7. The summed E-state index contributed by atoms with van der Waals surface area (Å²) in [6.45, 7) is 0. The first kappa shape index (κ1) is 19.8. The molecule has 1 spiro atoms. The van der Waals surface area contributed by atoms with Crippen LogP contribution >= 0.6 is 0 Å². The van der Waals surface area contributed by atoms with Crippen molar-refractivity contribution in [2.75, 3.05) is 0 Å². The molecule has 0 fully saturated rings. The van der Waals surface area contributed by atoms with Crippen molar-refractivity contribution < 1.29 is 22.3 Å². The number of rotatable bonds is 3. The topological polar surface area (TPSA) is 47.6 Å². The van der Waals surface area contributed by atoms with Gasteiger partial charge in [-0.1, -0.05) is 30.3 Å². The third-order valence-electron chi connectivity index (χ3n) is 6.28. The average molecular weight is 446 g/mol. The number of ether oxygens (including phenoxy) is 1. The first-order valence-electron chi connectivity index (χ1n) is 10.5. The summed E-state index contributed by atoms with van der Waals surface area (Å²) in [5.41, 5.74) is 3.89. The van der Waals surface area contributed by atoms with E-state index in [0.29, 0.717) is 5.75 Å². The normalized spacial score (nSPS) is 20.6. The number of para-hydroxylation sites is 1. The molecule has 2 atom stereocenters. The average Bonchev–Trinajstić information content (AvgIpc) is 3.52. The molecule has 2 aromatic carbocycles. The van der Waals surface area contributed by atoms with Gasteiger partial charge in [0.15, 0.2) is 0 Å². The summed E-state index contributed by atoms with van der Waals surface area (Å²) >= 11 is 0. The fraction of sp³-hybridized carbons (Fsp3) is 0.154. The molecule has 0 radical (unpaired) electrons. The van der Waals surface area contributed by atoms with Gasteiger partial charge in [-0.05, 0) is 47.5 Å². The van der Waals surface area contributed by atoms with Gasteiger partial charge in [0.25, 0.3) is 0 Å². The Kier molecular flexibility index (Phi) is 4.24. The van der Waals surface area contributed by atoms with E-state index in [4.69, 9.17) is 9.15 Å². The fourth-order valence-electron chi connectivity index (χ4n) is 4.76. The number of fused-ring (bicyclic) bond motifs is 4. The molecular weight excluding hydrogens is 429 g/mol. The minimum Gasteiger partial charge on any atom is -0.488 e. The van der Waals surface area contributed by atoms with Crippen LogP contribution in [0, 0.1) is 0 Å². The van der Waals surface area contributed by atoms with Crippen LogP contribution < -0.4 is 4.74 Å². The molecule has 164 valence electrons. The van der Waals surface area contributed by atoms with Crippen molar-refractivity contribution >= 4 is 11.9 Å². The first-order chi connectivity index (χ1) is 15.9. The van der Waals surface area contributed by atoms with Crippen LogP contribution in [0.15, 0.2) is 88.5 Å². The SMILES string of the molecule is FC(F)(F)c1ccc(C[C@H]2Oc3ccc(-c4cccnc4)cc3C23C=Nc2ccccc23)o1. The van der Waals surface area contributed by atoms with Gasteiger partial charge in [-0.15, -0.1) is 0 Å². The number of alkyl halides is 3. The van der Waals surface area contributed by atoms with Gasteiger partial charge in [0, 0.05) is 36.2 Å². The van der Waals surface area contributed by atoms with E-state index in [1.165, 1.54) is 6.07 Å². The van der Waals surface area contributed by atoms with Crippen LogP contribution in [0.5, 0.6) is 5.75 Å². The predicted molar refractivity (Wildman–Crippen MR) is 117 cm³/mol. The second-order valence-electron chi connectivity index (χ2n) is 8.17. The highest BCUT2D eigenvalue weighted by atomic mass is 19.4. The summed E-state index contributed by atoms with van der Waals surface area (Å²) in [5.74, 6) is -0.121. The number of aromatic nitrogens is 1. The molecule has 7 heteroatoms. The quantitative estimate of drug-likeness (QED) is 0.368. The molecule has 0 amide bonds. The summed E-state index contributed by atoms with van der Waals surface area (Å²) in [7, 11) is 0. The van der Waals surface area contributed by atoms with Crippen molar-refractivity contribution in [2.24, 2.45) is 4.99 Å². The van der Waals surface area contributed by atoms with E-state index in [2.05, 4.69) is 16.0 Å². The number of hydrogen-bond acceptors (Lipinski definition) is 4. The number of pyridine rings is 1. The molecule has 4 nitrogen and oxygen atoms in total. The number of nitrogens with zero attached hydrogens (tertiary/aromatic N) is 2. The van der Waals surface area contributed by atoms with Gasteiger partial charge in [-0.25, -0.2) is 0 Å². The van der Waals surface area contributed by atoms with E-state index < -0.39 is 23.5 Å². The molecule has 33 heavy (non-hydrogen) atoms. The molecule has 4 aromatic rings. The van der Waals surface area contributed by atoms with Gasteiger partial charge < -0.3 is 9.15 Å². The maximum atomic E-state index is 13.1. The Balaban J connectivity index is 1.47. The Morgan fingerprint density at radius 2 is 1.79 bits per heavy atom. The highest BCUT2D eigenvalue weighted by Crippen LogP contribution is 2.53. The minimum absolute atomic E-state index is 0.160. The van der Waals surface area contributed by atoms with E-state index >= 15 is 0 Å². The highest BCUT2D eigenvalue weighted by Gasteiger charge is 2.53. The number of furan rings is 1. The van der Waals surface area contributed by atoms with Crippen LogP contribution in [0.4, 0.5) is 18.9 Å². The first-order valence-corrected chi connectivity index (χ1v) is 10.5. The molecule has 1 unspecified atom stereocenters. The Morgan fingerprint density at radius 1 is 0.909 bits per heavy atom. The van der Waals surface area contributed by atoms with Crippen molar-refractivity contribution in [1.82, 2.24) is 4.98 Å². The van der Waals surface area contributed by atoms with E-state index in [0.717, 1.165) is 34.0 Å². The van der Waals surface area contributed by atoms with Gasteiger partial charge in [-0.3, -0.25) is 9.98 Å². The largest absolute Gasteiger partial charge is 0.488 e. The molecule has 2 aromatic heterocycles. The standard InChI is InChI=1S/C26H17F3N2O2/c27-26(28,29)23-10-8-18(32-23)13-24-25(15-31-21-6-2-1-5-19(21)25)20-12-16(7-9-22(20)33-24)17-4-3-11-30-14-17/h1-12,14-15,24H,13H2/t24-,25?/m1/s1. The van der Waals surface area contributed by atoms with Gasteiger partial charge in [0.1, 0.15) is 17.6 Å². The molecule has 0 saturated carbocycles. The van der Waals surface area contributed by atoms with E-state index in [1.807, 2.05) is 54.7 Å². The molecule has 0 bridgehead atoms. The predicted octanol–water partition coefficient (Wildman–Crippen LogP) is 6.37. The van der Waals surface area contributed by atoms with Crippen LogP contribution in [0.25, 0.3) is 11.1 Å². The monoisotopic (exact) mass is 446 g/mol. The van der Waals surface area contributed by atoms with Crippen molar-refractivity contribution in [3.8, 4) is 16.9 Å². The maximum Gasteiger partial charge on any atom is 0.449 e. The van der Waals surface area contributed by atoms with Crippen molar-refractivity contribution in [3.05, 3.63) is 102 Å². The lowest BCUT2D eigenvalue weighted by Crippen LogP contribution is -2.40.